The van der Waals surface area contributed by atoms with Gasteiger partial charge in [-0.15, -0.1) is 0 Å². The van der Waals surface area contributed by atoms with E-state index in [-0.39, 0.29) is 24.2 Å². The van der Waals surface area contributed by atoms with E-state index in [0.717, 1.165) is 18.4 Å². The molecule has 2 aromatic rings. The average molecular weight is 307 g/mol. The van der Waals surface area contributed by atoms with Crippen molar-refractivity contribution in [1.82, 2.24) is 10.1 Å². The Bertz CT molecular complexity index is 639. The van der Waals surface area contributed by atoms with Gasteiger partial charge in [0.25, 0.3) is 5.91 Å². The zero-order valence-corrected chi connectivity index (χ0v) is 12.1. The third kappa shape index (κ3) is 2.80. The fourth-order valence-corrected chi connectivity index (χ4v) is 2.69. The Morgan fingerprint density at radius 3 is 2.90 bits per heavy atom. The molecule has 0 saturated carbocycles. The lowest BCUT2D eigenvalue weighted by molar-refractivity contribution is 0.0667. The predicted octanol–water partition coefficient (Wildman–Crippen LogP) is 2.59. The summed E-state index contributed by atoms with van der Waals surface area (Å²) in [5, 5.41) is 13.8. The second-order valence-corrected chi connectivity index (χ2v) is 5.50. The first kappa shape index (κ1) is 14.1. The number of halogens is 1. The van der Waals surface area contributed by atoms with Gasteiger partial charge >= 0.3 is 0 Å². The normalized spacial score (nSPS) is 18.2. The molecule has 2 heterocycles. The lowest BCUT2D eigenvalue weighted by Crippen LogP contribution is -2.37. The smallest absolute Gasteiger partial charge is 0.276 e. The van der Waals surface area contributed by atoms with Crippen LogP contribution in [0.1, 0.15) is 23.3 Å². The van der Waals surface area contributed by atoms with Gasteiger partial charge in [0.05, 0.1) is 12.6 Å². The van der Waals surface area contributed by atoms with Crippen LogP contribution in [0.5, 0.6) is 0 Å². The van der Waals surface area contributed by atoms with Crippen LogP contribution in [0.4, 0.5) is 0 Å². The van der Waals surface area contributed by atoms with E-state index >= 15 is 0 Å². The van der Waals surface area contributed by atoms with Crippen molar-refractivity contribution in [2.45, 2.75) is 18.9 Å². The van der Waals surface area contributed by atoms with Crippen molar-refractivity contribution >= 4 is 17.5 Å². The Balaban J connectivity index is 1.81. The van der Waals surface area contributed by atoms with Crippen LogP contribution in [-0.4, -0.2) is 40.3 Å². The van der Waals surface area contributed by atoms with E-state index < -0.39 is 0 Å². The summed E-state index contributed by atoms with van der Waals surface area (Å²) in [7, 11) is 0. The summed E-state index contributed by atoms with van der Waals surface area (Å²) in [6.45, 7) is 0.626. The molecule has 0 bridgehead atoms. The van der Waals surface area contributed by atoms with Crippen molar-refractivity contribution in [2.75, 3.05) is 13.2 Å². The average Bonchev–Trinajstić information content (AvgIpc) is 3.16. The van der Waals surface area contributed by atoms with Crippen LogP contribution in [0.25, 0.3) is 11.3 Å². The summed E-state index contributed by atoms with van der Waals surface area (Å²) in [6.07, 6.45) is 1.73. The maximum absolute atomic E-state index is 12.4. The molecule has 1 fully saturated rings. The molecule has 1 aliphatic heterocycles. The van der Waals surface area contributed by atoms with Crippen molar-refractivity contribution in [1.29, 1.82) is 0 Å². The van der Waals surface area contributed by atoms with E-state index in [1.54, 1.807) is 23.1 Å². The third-order valence-corrected chi connectivity index (χ3v) is 3.96. The number of hydrogen-bond donors (Lipinski definition) is 1. The zero-order valence-electron chi connectivity index (χ0n) is 11.3. The molecule has 1 amide bonds. The summed E-state index contributed by atoms with van der Waals surface area (Å²) < 4.78 is 5.24. The third-order valence-electron chi connectivity index (χ3n) is 3.71. The Hall–Kier alpha value is -1.85. The van der Waals surface area contributed by atoms with E-state index in [2.05, 4.69) is 5.16 Å². The number of carbonyl (C=O) groups is 1. The number of aliphatic hydroxyl groups is 1. The number of rotatable bonds is 3. The molecular formula is C15H15ClN2O3. The molecule has 5 nitrogen and oxygen atoms in total. The number of aliphatic hydroxyl groups excluding tert-OH is 1. The summed E-state index contributed by atoms with van der Waals surface area (Å²) in [4.78, 5) is 14.0. The maximum atomic E-state index is 12.4. The Morgan fingerprint density at radius 1 is 1.43 bits per heavy atom. The molecule has 21 heavy (non-hydrogen) atoms. The molecule has 1 aromatic heterocycles. The monoisotopic (exact) mass is 306 g/mol. The van der Waals surface area contributed by atoms with Crippen molar-refractivity contribution in [2.24, 2.45) is 0 Å². The second-order valence-electron chi connectivity index (χ2n) is 5.06. The maximum Gasteiger partial charge on any atom is 0.276 e. The van der Waals surface area contributed by atoms with Crippen molar-refractivity contribution in [3.8, 4) is 11.3 Å². The predicted molar refractivity (Wildman–Crippen MR) is 78.1 cm³/mol. The van der Waals surface area contributed by atoms with Crippen LogP contribution in [0.15, 0.2) is 34.9 Å². The highest BCUT2D eigenvalue weighted by molar-refractivity contribution is 6.30. The fourth-order valence-electron chi connectivity index (χ4n) is 2.57. The minimum absolute atomic E-state index is 0.0202. The Kier molecular flexibility index (Phi) is 3.94. The van der Waals surface area contributed by atoms with Gasteiger partial charge in [-0.2, -0.15) is 0 Å². The standard InChI is InChI=1S/C15H15ClN2O3/c16-11-5-3-10(4-6-11)14-8-13(17-21-14)15(20)18-7-1-2-12(18)9-19/h3-6,8,12,19H,1-2,7,9H2/t12-/m1/s1. The summed E-state index contributed by atoms with van der Waals surface area (Å²) in [5.41, 5.74) is 1.08. The van der Waals surface area contributed by atoms with Gasteiger partial charge in [-0.25, -0.2) is 0 Å². The first-order valence-electron chi connectivity index (χ1n) is 6.83. The highest BCUT2D eigenvalue weighted by Crippen LogP contribution is 2.24. The lowest BCUT2D eigenvalue weighted by atomic mass is 10.1. The lowest BCUT2D eigenvalue weighted by Gasteiger charge is -2.21. The van der Waals surface area contributed by atoms with Crippen LogP contribution >= 0.6 is 11.6 Å². The van der Waals surface area contributed by atoms with Gasteiger partial charge in [0.15, 0.2) is 11.5 Å². The van der Waals surface area contributed by atoms with Gasteiger partial charge in [-0.05, 0) is 37.1 Å². The summed E-state index contributed by atoms with van der Waals surface area (Å²) in [5.74, 6) is 0.324. The van der Waals surface area contributed by atoms with Crippen LogP contribution in [0, 0.1) is 0 Å². The minimum atomic E-state index is -0.199. The first-order chi connectivity index (χ1) is 10.2. The number of carbonyl (C=O) groups excluding carboxylic acids is 1. The van der Waals surface area contributed by atoms with Crippen LogP contribution in [-0.2, 0) is 0 Å². The minimum Gasteiger partial charge on any atom is -0.394 e. The number of aromatic nitrogens is 1. The summed E-state index contributed by atoms with van der Waals surface area (Å²) in [6, 6.07) is 8.63. The fraction of sp³-hybridized carbons (Fsp3) is 0.333. The van der Waals surface area contributed by atoms with E-state index in [4.69, 9.17) is 16.1 Å². The van der Waals surface area contributed by atoms with Gasteiger partial charge in [-0.3, -0.25) is 4.79 Å². The Labute approximate surface area is 127 Å². The molecule has 110 valence electrons. The number of hydrogen-bond acceptors (Lipinski definition) is 4. The molecule has 0 unspecified atom stereocenters. The quantitative estimate of drug-likeness (QED) is 0.946. The van der Waals surface area contributed by atoms with Gasteiger partial charge in [-0.1, -0.05) is 16.8 Å². The van der Waals surface area contributed by atoms with Crippen molar-refractivity contribution in [3.63, 3.8) is 0 Å². The molecule has 1 N–H and O–H groups in total. The van der Waals surface area contributed by atoms with Crippen molar-refractivity contribution in [3.05, 3.63) is 41.0 Å². The van der Waals surface area contributed by atoms with E-state index in [9.17, 15) is 9.90 Å². The van der Waals surface area contributed by atoms with Gasteiger partial charge < -0.3 is 14.5 Å². The molecule has 6 heteroatoms. The number of nitrogens with zero attached hydrogens (tertiary/aromatic N) is 2. The molecule has 1 aliphatic rings. The molecule has 0 spiro atoms. The first-order valence-corrected chi connectivity index (χ1v) is 7.21. The molecular weight excluding hydrogens is 292 g/mol. The molecule has 0 radical (unpaired) electrons. The van der Waals surface area contributed by atoms with E-state index in [1.165, 1.54) is 0 Å². The molecule has 1 atom stereocenters. The second kappa shape index (κ2) is 5.87. The largest absolute Gasteiger partial charge is 0.394 e. The SMILES string of the molecule is O=C(c1cc(-c2ccc(Cl)cc2)on1)N1CCC[C@@H]1CO. The highest BCUT2D eigenvalue weighted by Gasteiger charge is 2.30. The number of amides is 1. The van der Waals surface area contributed by atoms with Gasteiger partial charge in [0.2, 0.25) is 0 Å². The molecule has 0 aliphatic carbocycles. The van der Waals surface area contributed by atoms with Crippen LogP contribution < -0.4 is 0 Å². The van der Waals surface area contributed by atoms with Gasteiger partial charge in [0.1, 0.15) is 0 Å². The van der Waals surface area contributed by atoms with Crippen molar-refractivity contribution < 1.29 is 14.4 Å². The van der Waals surface area contributed by atoms with E-state index in [1.807, 2.05) is 12.1 Å². The van der Waals surface area contributed by atoms with E-state index in [0.29, 0.717) is 17.3 Å². The summed E-state index contributed by atoms with van der Waals surface area (Å²) >= 11 is 5.84. The number of benzene rings is 1. The molecule has 3 rings (SSSR count). The van der Waals surface area contributed by atoms with Crippen LogP contribution in [0.3, 0.4) is 0 Å². The van der Waals surface area contributed by atoms with Gasteiger partial charge in [0, 0.05) is 23.2 Å². The Morgan fingerprint density at radius 2 is 2.19 bits per heavy atom. The topological polar surface area (TPSA) is 66.6 Å². The molecule has 1 saturated heterocycles. The number of likely N-dealkylation sites (tertiary alicyclic amines) is 1. The van der Waals surface area contributed by atoms with Crippen LogP contribution in [0.2, 0.25) is 5.02 Å². The zero-order chi connectivity index (χ0) is 14.8. The molecule has 1 aromatic carbocycles. The highest BCUT2D eigenvalue weighted by atomic mass is 35.5.